The number of esters is 1. The lowest BCUT2D eigenvalue weighted by molar-refractivity contribution is -0.140. The lowest BCUT2D eigenvalue weighted by Gasteiger charge is -2.18. The first-order valence-corrected chi connectivity index (χ1v) is 4.53. The summed E-state index contributed by atoms with van der Waals surface area (Å²) in [6.45, 7) is 4.90. The SMILES string of the molecule is C=COC(=O)C(C)(Cl)c1ccccc1. The van der Waals surface area contributed by atoms with Gasteiger partial charge in [0, 0.05) is 0 Å². The lowest BCUT2D eigenvalue weighted by Crippen LogP contribution is -2.27. The minimum atomic E-state index is -1.16. The summed E-state index contributed by atoms with van der Waals surface area (Å²) in [5.74, 6) is -0.527. The van der Waals surface area contributed by atoms with E-state index in [1.165, 1.54) is 0 Å². The van der Waals surface area contributed by atoms with E-state index >= 15 is 0 Å². The number of halogens is 1. The fourth-order valence-corrected chi connectivity index (χ4v) is 1.23. The van der Waals surface area contributed by atoms with Gasteiger partial charge in [-0.15, -0.1) is 11.6 Å². The van der Waals surface area contributed by atoms with Crippen LogP contribution in [0.1, 0.15) is 12.5 Å². The lowest BCUT2D eigenvalue weighted by atomic mass is 10.0. The highest BCUT2D eigenvalue weighted by Crippen LogP contribution is 2.29. The molecule has 2 nitrogen and oxygen atoms in total. The Balaban J connectivity index is 2.95. The van der Waals surface area contributed by atoms with Crippen LogP contribution >= 0.6 is 11.6 Å². The van der Waals surface area contributed by atoms with E-state index in [9.17, 15) is 4.79 Å². The summed E-state index contributed by atoms with van der Waals surface area (Å²) >= 11 is 6.07. The molecule has 1 atom stereocenters. The summed E-state index contributed by atoms with van der Waals surface area (Å²) in [6.07, 6.45) is 1.08. The highest BCUT2D eigenvalue weighted by molar-refractivity contribution is 6.33. The molecule has 0 aliphatic carbocycles. The van der Waals surface area contributed by atoms with Gasteiger partial charge in [0.2, 0.25) is 0 Å². The van der Waals surface area contributed by atoms with Crippen molar-refractivity contribution in [1.82, 2.24) is 0 Å². The average molecular weight is 211 g/mol. The molecular formula is C11H11ClO2. The molecule has 74 valence electrons. The van der Waals surface area contributed by atoms with Crippen molar-refractivity contribution in [3.05, 3.63) is 48.7 Å². The molecule has 1 aromatic carbocycles. The molecule has 0 spiro atoms. The van der Waals surface area contributed by atoms with Gasteiger partial charge in [0.1, 0.15) is 0 Å². The van der Waals surface area contributed by atoms with E-state index in [2.05, 4.69) is 11.3 Å². The maximum atomic E-state index is 11.4. The summed E-state index contributed by atoms with van der Waals surface area (Å²) in [7, 11) is 0. The molecule has 0 heterocycles. The number of rotatable bonds is 3. The fraction of sp³-hybridized carbons (Fsp3) is 0.182. The second-order valence-corrected chi connectivity index (χ2v) is 3.70. The van der Waals surface area contributed by atoms with Crippen LogP contribution in [0.4, 0.5) is 0 Å². The van der Waals surface area contributed by atoms with E-state index in [0.29, 0.717) is 5.56 Å². The van der Waals surface area contributed by atoms with Gasteiger partial charge >= 0.3 is 5.97 Å². The van der Waals surface area contributed by atoms with Gasteiger partial charge in [-0.3, -0.25) is 0 Å². The van der Waals surface area contributed by atoms with Crippen molar-refractivity contribution < 1.29 is 9.53 Å². The first kappa shape index (κ1) is 10.8. The molecule has 1 rings (SSSR count). The van der Waals surface area contributed by atoms with Gasteiger partial charge in [-0.25, -0.2) is 4.79 Å². The number of benzene rings is 1. The summed E-state index contributed by atoms with van der Waals surface area (Å²) in [4.78, 5) is 10.3. The first-order valence-electron chi connectivity index (χ1n) is 4.15. The summed E-state index contributed by atoms with van der Waals surface area (Å²) in [5.41, 5.74) is 0.702. The molecule has 0 aliphatic heterocycles. The number of alkyl halides is 1. The molecule has 0 saturated heterocycles. The van der Waals surface area contributed by atoms with E-state index in [-0.39, 0.29) is 0 Å². The molecular weight excluding hydrogens is 200 g/mol. The van der Waals surface area contributed by atoms with Gasteiger partial charge in [-0.2, -0.15) is 0 Å². The van der Waals surface area contributed by atoms with E-state index < -0.39 is 10.8 Å². The number of ether oxygens (including phenoxy) is 1. The minimum Gasteiger partial charge on any atom is -0.434 e. The van der Waals surface area contributed by atoms with Gasteiger partial charge in [-0.05, 0) is 12.5 Å². The second-order valence-electron chi connectivity index (χ2n) is 2.94. The Labute approximate surface area is 88.1 Å². The highest BCUT2D eigenvalue weighted by Gasteiger charge is 2.33. The largest absolute Gasteiger partial charge is 0.434 e. The third-order valence-corrected chi connectivity index (χ3v) is 2.26. The fourth-order valence-electron chi connectivity index (χ4n) is 1.06. The molecule has 0 saturated carbocycles. The van der Waals surface area contributed by atoms with E-state index in [1.807, 2.05) is 18.2 Å². The Kier molecular flexibility index (Phi) is 3.31. The van der Waals surface area contributed by atoms with Gasteiger partial charge < -0.3 is 4.74 Å². The molecule has 1 aromatic rings. The molecule has 0 bridgehead atoms. The van der Waals surface area contributed by atoms with E-state index in [0.717, 1.165) is 6.26 Å². The Bertz CT molecular complexity index is 330. The van der Waals surface area contributed by atoms with Crippen molar-refractivity contribution >= 4 is 17.6 Å². The number of hydrogen-bond acceptors (Lipinski definition) is 2. The van der Waals surface area contributed by atoms with Crippen molar-refractivity contribution in [2.45, 2.75) is 11.8 Å². The van der Waals surface area contributed by atoms with Crippen LogP contribution in [0.5, 0.6) is 0 Å². The van der Waals surface area contributed by atoms with Crippen molar-refractivity contribution in [3.63, 3.8) is 0 Å². The molecule has 0 N–H and O–H groups in total. The number of carbonyl (C=O) groups is 1. The average Bonchev–Trinajstić information content (AvgIpc) is 2.19. The molecule has 0 radical (unpaired) electrons. The molecule has 3 heteroatoms. The smallest absolute Gasteiger partial charge is 0.336 e. The van der Waals surface area contributed by atoms with Crippen LogP contribution in [-0.4, -0.2) is 5.97 Å². The van der Waals surface area contributed by atoms with Crippen LogP contribution in [0.2, 0.25) is 0 Å². The Morgan fingerprint density at radius 2 is 2.07 bits per heavy atom. The molecule has 0 fully saturated rings. The summed E-state index contributed by atoms with van der Waals surface area (Å²) in [5, 5.41) is 0. The molecule has 0 amide bonds. The number of hydrogen-bond donors (Lipinski definition) is 0. The zero-order chi connectivity index (χ0) is 10.6. The van der Waals surface area contributed by atoms with Gasteiger partial charge in [0.05, 0.1) is 6.26 Å². The molecule has 1 unspecified atom stereocenters. The zero-order valence-electron chi connectivity index (χ0n) is 7.87. The first-order chi connectivity index (χ1) is 6.59. The summed E-state index contributed by atoms with van der Waals surface area (Å²) in [6, 6.07) is 9.04. The Hall–Kier alpha value is -1.28. The van der Waals surface area contributed by atoms with Crippen molar-refractivity contribution in [1.29, 1.82) is 0 Å². The second kappa shape index (κ2) is 4.29. The van der Waals surface area contributed by atoms with Crippen molar-refractivity contribution in [2.75, 3.05) is 0 Å². The molecule has 0 aromatic heterocycles. The van der Waals surface area contributed by atoms with Crippen LogP contribution in [0.25, 0.3) is 0 Å². The van der Waals surface area contributed by atoms with Crippen LogP contribution in [0.15, 0.2) is 43.2 Å². The molecule has 14 heavy (non-hydrogen) atoms. The zero-order valence-corrected chi connectivity index (χ0v) is 8.62. The van der Waals surface area contributed by atoms with Crippen LogP contribution < -0.4 is 0 Å². The maximum absolute atomic E-state index is 11.4. The van der Waals surface area contributed by atoms with Crippen LogP contribution in [0, 0.1) is 0 Å². The van der Waals surface area contributed by atoms with Crippen molar-refractivity contribution in [3.8, 4) is 0 Å². The summed E-state index contributed by atoms with van der Waals surface area (Å²) < 4.78 is 4.65. The maximum Gasteiger partial charge on any atom is 0.336 e. The topological polar surface area (TPSA) is 26.3 Å². The predicted octanol–water partition coefficient (Wildman–Crippen LogP) is 2.83. The van der Waals surface area contributed by atoms with E-state index in [4.69, 9.17) is 11.6 Å². The third-order valence-electron chi connectivity index (χ3n) is 1.89. The third kappa shape index (κ3) is 2.15. The Morgan fingerprint density at radius 1 is 1.50 bits per heavy atom. The van der Waals surface area contributed by atoms with Gasteiger partial charge in [0.15, 0.2) is 4.87 Å². The standard InChI is InChI=1S/C11H11ClO2/c1-3-14-10(13)11(2,12)9-7-5-4-6-8-9/h3-8H,1H2,2H3. The predicted molar refractivity (Wildman–Crippen MR) is 55.9 cm³/mol. The number of carbonyl (C=O) groups excluding carboxylic acids is 1. The van der Waals surface area contributed by atoms with Crippen LogP contribution in [0.3, 0.4) is 0 Å². The molecule has 0 aliphatic rings. The normalized spacial score (nSPS) is 14.1. The van der Waals surface area contributed by atoms with Crippen LogP contribution in [-0.2, 0) is 14.4 Å². The van der Waals surface area contributed by atoms with Crippen molar-refractivity contribution in [2.24, 2.45) is 0 Å². The van der Waals surface area contributed by atoms with E-state index in [1.54, 1.807) is 19.1 Å². The monoisotopic (exact) mass is 210 g/mol. The van der Waals surface area contributed by atoms with Gasteiger partial charge in [0.25, 0.3) is 0 Å². The Morgan fingerprint density at radius 3 is 2.57 bits per heavy atom. The minimum absolute atomic E-state index is 0.527. The quantitative estimate of drug-likeness (QED) is 0.436. The highest BCUT2D eigenvalue weighted by atomic mass is 35.5. The van der Waals surface area contributed by atoms with Gasteiger partial charge in [-0.1, -0.05) is 36.9 Å².